The van der Waals surface area contributed by atoms with Crippen molar-refractivity contribution in [1.82, 2.24) is 0 Å². The number of rotatable bonds is 0. The van der Waals surface area contributed by atoms with E-state index in [1.807, 2.05) is 30.3 Å². The van der Waals surface area contributed by atoms with Gasteiger partial charge in [0, 0.05) is 12.1 Å². The predicted molar refractivity (Wildman–Crippen MR) is 65.0 cm³/mol. The Morgan fingerprint density at radius 1 is 1.12 bits per heavy atom. The van der Waals surface area contributed by atoms with Crippen LogP contribution in [0.3, 0.4) is 0 Å². The highest BCUT2D eigenvalue weighted by Gasteiger charge is 2.13. The summed E-state index contributed by atoms with van der Waals surface area (Å²) in [6, 6.07) is 15.4. The lowest BCUT2D eigenvalue weighted by Gasteiger charge is -2.07. The summed E-state index contributed by atoms with van der Waals surface area (Å²) in [5.41, 5.74) is 2.60. The van der Waals surface area contributed by atoms with Crippen molar-refractivity contribution in [3.63, 3.8) is 0 Å². The van der Waals surface area contributed by atoms with Crippen LogP contribution in [0.1, 0.15) is 11.1 Å². The highest BCUT2D eigenvalue weighted by atomic mass is 16.5. The Morgan fingerprint density at radius 2 is 2.00 bits per heavy atom. The van der Waals surface area contributed by atoms with Crippen molar-refractivity contribution >= 4 is 5.69 Å². The molecule has 2 aromatic rings. The Kier molecular flexibility index (Phi) is 2.20. The van der Waals surface area contributed by atoms with Gasteiger partial charge >= 0.3 is 0 Å². The van der Waals surface area contributed by atoms with Crippen LogP contribution in [-0.4, -0.2) is 0 Å². The van der Waals surface area contributed by atoms with Gasteiger partial charge in [-0.15, -0.1) is 0 Å². The number of ether oxygens (including phenoxy) is 1. The standard InChI is InChI=1S/C14H10N2O/c15-8-10-5-6-14-12(7-10)16-9-11-3-1-2-4-13(11)17-14/h1-7,16H,9H2. The number of fused-ring (bicyclic) bond motifs is 2. The largest absolute Gasteiger partial charge is 0.455 e. The normalized spacial score (nSPS) is 12.2. The first-order valence-electron chi connectivity index (χ1n) is 5.40. The second kappa shape index (κ2) is 3.84. The molecule has 2 aromatic carbocycles. The molecule has 3 rings (SSSR count). The van der Waals surface area contributed by atoms with E-state index in [-0.39, 0.29) is 0 Å². The third-order valence-electron chi connectivity index (χ3n) is 2.77. The van der Waals surface area contributed by atoms with Crippen LogP contribution >= 0.6 is 0 Å². The van der Waals surface area contributed by atoms with Crippen molar-refractivity contribution in [2.45, 2.75) is 6.54 Å². The molecule has 1 aliphatic rings. The van der Waals surface area contributed by atoms with E-state index in [9.17, 15) is 0 Å². The number of hydrogen-bond donors (Lipinski definition) is 1. The zero-order valence-corrected chi connectivity index (χ0v) is 9.10. The summed E-state index contributed by atoms with van der Waals surface area (Å²) >= 11 is 0. The van der Waals surface area contributed by atoms with Crippen LogP contribution < -0.4 is 10.1 Å². The van der Waals surface area contributed by atoms with Crippen molar-refractivity contribution < 1.29 is 4.74 Å². The van der Waals surface area contributed by atoms with Crippen LogP contribution in [-0.2, 0) is 6.54 Å². The number of nitriles is 1. The van der Waals surface area contributed by atoms with Crippen LogP contribution in [0.15, 0.2) is 42.5 Å². The molecule has 0 saturated carbocycles. The minimum atomic E-state index is 0.630. The van der Waals surface area contributed by atoms with Gasteiger partial charge in [0.2, 0.25) is 0 Å². The molecule has 0 unspecified atom stereocenters. The van der Waals surface area contributed by atoms with E-state index in [1.54, 1.807) is 12.1 Å². The molecule has 1 N–H and O–H groups in total. The van der Waals surface area contributed by atoms with Gasteiger partial charge in [0.05, 0.1) is 17.3 Å². The van der Waals surface area contributed by atoms with Gasteiger partial charge in [-0.2, -0.15) is 5.26 Å². The third kappa shape index (κ3) is 1.70. The van der Waals surface area contributed by atoms with E-state index in [0.29, 0.717) is 12.1 Å². The molecule has 0 bridgehead atoms. The molecule has 0 fully saturated rings. The molecule has 17 heavy (non-hydrogen) atoms. The maximum Gasteiger partial charge on any atom is 0.150 e. The molecule has 3 nitrogen and oxygen atoms in total. The molecule has 82 valence electrons. The third-order valence-corrected chi connectivity index (χ3v) is 2.77. The summed E-state index contributed by atoms with van der Waals surface area (Å²) in [5, 5.41) is 12.1. The van der Waals surface area contributed by atoms with E-state index in [0.717, 1.165) is 22.7 Å². The summed E-state index contributed by atoms with van der Waals surface area (Å²) in [6.45, 7) is 0.706. The van der Waals surface area contributed by atoms with Crippen molar-refractivity contribution in [3.05, 3.63) is 53.6 Å². The first kappa shape index (κ1) is 9.73. The lowest BCUT2D eigenvalue weighted by atomic mass is 10.2. The maximum absolute atomic E-state index is 8.86. The van der Waals surface area contributed by atoms with Gasteiger partial charge in [-0.25, -0.2) is 0 Å². The highest BCUT2D eigenvalue weighted by Crippen LogP contribution is 2.35. The molecule has 1 heterocycles. The Morgan fingerprint density at radius 3 is 2.88 bits per heavy atom. The summed E-state index contributed by atoms with van der Waals surface area (Å²) in [4.78, 5) is 0. The van der Waals surface area contributed by atoms with Gasteiger partial charge < -0.3 is 10.1 Å². The zero-order chi connectivity index (χ0) is 11.7. The Labute approximate surface area is 99.3 Å². The molecular formula is C14H10N2O. The quantitative estimate of drug-likeness (QED) is 0.744. The van der Waals surface area contributed by atoms with Crippen molar-refractivity contribution in [2.24, 2.45) is 0 Å². The summed E-state index contributed by atoms with van der Waals surface area (Å²) in [6.07, 6.45) is 0. The van der Waals surface area contributed by atoms with Gasteiger partial charge in [0.15, 0.2) is 5.75 Å². The Hall–Kier alpha value is -2.47. The van der Waals surface area contributed by atoms with Crippen LogP contribution in [0.5, 0.6) is 11.5 Å². The van der Waals surface area contributed by atoms with Crippen LogP contribution in [0.2, 0.25) is 0 Å². The van der Waals surface area contributed by atoms with Crippen molar-refractivity contribution in [3.8, 4) is 17.6 Å². The van der Waals surface area contributed by atoms with Gasteiger partial charge in [-0.3, -0.25) is 0 Å². The number of benzene rings is 2. The monoisotopic (exact) mass is 222 g/mol. The predicted octanol–water partition coefficient (Wildman–Crippen LogP) is 3.28. The highest BCUT2D eigenvalue weighted by molar-refractivity contribution is 5.63. The SMILES string of the molecule is N#Cc1ccc2c(c1)NCc1ccccc1O2. The van der Waals surface area contributed by atoms with E-state index in [1.165, 1.54) is 0 Å². The van der Waals surface area contributed by atoms with Crippen molar-refractivity contribution in [2.75, 3.05) is 5.32 Å². The molecule has 0 radical (unpaired) electrons. The molecule has 0 aliphatic carbocycles. The minimum absolute atomic E-state index is 0.630. The fourth-order valence-corrected chi connectivity index (χ4v) is 1.89. The van der Waals surface area contributed by atoms with E-state index >= 15 is 0 Å². The number of nitrogens with zero attached hydrogens (tertiary/aromatic N) is 1. The average molecular weight is 222 g/mol. The second-order valence-electron chi connectivity index (χ2n) is 3.89. The van der Waals surface area contributed by atoms with Crippen LogP contribution in [0, 0.1) is 11.3 Å². The van der Waals surface area contributed by atoms with Gasteiger partial charge in [-0.05, 0) is 24.3 Å². The molecule has 3 heteroatoms. The second-order valence-corrected chi connectivity index (χ2v) is 3.89. The smallest absolute Gasteiger partial charge is 0.150 e. The van der Waals surface area contributed by atoms with Crippen molar-refractivity contribution in [1.29, 1.82) is 5.26 Å². The summed E-state index contributed by atoms with van der Waals surface area (Å²) in [5.74, 6) is 1.62. The number of anilines is 1. The van der Waals surface area contributed by atoms with E-state index < -0.39 is 0 Å². The molecule has 1 aliphatic heterocycles. The minimum Gasteiger partial charge on any atom is -0.455 e. The lowest BCUT2D eigenvalue weighted by molar-refractivity contribution is 0.484. The Bertz CT molecular complexity index is 614. The molecule has 0 aromatic heterocycles. The van der Waals surface area contributed by atoms with Gasteiger partial charge in [0.1, 0.15) is 5.75 Å². The molecule has 0 spiro atoms. The molecular weight excluding hydrogens is 212 g/mol. The first-order valence-corrected chi connectivity index (χ1v) is 5.40. The van der Waals surface area contributed by atoms with Crippen LogP contribution in [0.25, 0.3) is 0 Å². The number of hydrogen-bond acceptors (Lipinski definition) is 3. The maximum atomic E-state index is 8.86. The fourth-order valence-electron chi connectivity index (χ4n) is 1.89. The topological polar surface area (TPSA) is 45.0 Å². The first-order chi connectivity index (χ1) is 8.36. The average Bonchev–Trinajstić information content (AvgIpc) is 2.57. The Balaban J connectivity index is 2.07. The molecule has 0 saturated heterocycles. The summed E-state index contributed by atoms with van der Waals surface area (Å²) in [7, 11) is 0. The fraction of sp³-hybridized carbons (Fsp3) is 0.0714. The van der Waals surface area contributed by atoms with E-state index in [2.05, 4.69) is 11.4 Å². The summed E-state index contributed by atoms with van der Waals surface area (Å²) < 4.78 is 5.83. The molecule has 0 atom stereocenters. The van der Waals surface area contributed by atoms with Gasteiger partial charge in [-0.1, -0.05) is 18.2 Å². The number of para-hydroxylation sites is 1. The zero-order valence-electron chi connectivity index (χ0n) is 9.10. The van der Waals surface area contributed by atoms with E-state index in [4.69, 9.17) is 10.00 Å². The molecule has 0 amide bonds. The lowest BCUT2D eigenvalue weighted by Crippen LogP contribution is -1.97. The number of nitrogens with one attached hydrogen (secondary N) is 1. The van der Waals surface area contributed by atoms with Crippen LogP contribution in [0.4, 0.5) is 5.69 Å². The van der Waals surface area contributed by atoms with Gasteiger partial charge in [0.25, 0.3) is 0 Å².